The molecule has 8 nitrogen and oxygen atoms in total. The van der Waals surface area contributed by atoms with Gasteiger partial charge in [-0.3, -0.25) is 19.7 Å². The molecule has 0 aliphatic carbocycles. The third-order valence-electron chi connectivity index (χ3n) is 3.24. The van der Waals surface area contributed by atoms with Crippen LogP contribution in [0.5, 0.6) is 0 Å². The van der Waals surface area contributed by atoms with Gasteiger partial charge >= 0.3 is 11.9 Å². The van der Waals surface area contributed by atoms with Gasteiger partial charge in [-0.2, -0.15) is 0 Å². The van der Waals surface area contributed by atoms with Crippen LogP contribution in [0, 0.1) is 10.1 Å². The van der Waals surface area contributed by atoms with Crippen LogP contribution in [0.3, 0.4) is 0 Å². The summed E-state index contributed by atoms with van der Waals surface area (Å²) in [6.45, 7) is 0. The van der Waals surface area contributed by atoms with Gasteiger partial charge in [0.2, 0.25) is 0 Å². The number of hydroxylamine groups is 2. The van der Waals surface area contributed by atoms with Gasteiger partial charge in [-0.1, -0.05) is 29.3 Å². The van der Waals surface area contributed by atoms with Crippen LogP contribution < -0.4 is 0 Å². The molecule has 1 aliphatic heterocycles. The largest absolute Gasteiger partial charge is 0.363 e. The van der Waals surface area contributed by atoms with E-state index in [1.54, 1.807) is 18.2 Å². The minimum Gasteiger partial charge on any atom is -0.324 e. The van der Waals surface area contributed by atoms with E-state index in [1.165, 1.54) is 24.3 Å². The Bertz CT molecular complexity index is 846. The fraction of sp³-hybridized carbons (Fsp3) is 0. The summed E-state index contributed by atoms with van der Waals surface area (Å²) in [5.74, 6) is -2.87. The first-order valence-electron chi connectivity index (χ1n) is 6.44. The number of hydrogen-bond donors (Lipinski definition) is 0. The molecule has 0 aromatic heterocycles. The molecule has 0 saturated heterocycles. The normalized spacial score (nSPS) is 13.0. The van der Waals surface area contributed by atoms with Gasteiger partial charge in [-0.25, -0.2) is 4.79 Å². The molecule has 23 heavy (non-hydrogen) atoms. The molecule has 0 fully saturated rings. The summed E-state index contributed by atoms with van der Waals surface area (Å²) >= 11 is 0. The lowest BCUT2D eigenvalue weighted by atomic mass is 10.1. The van der Waals surface area contributed by atoms with Crippen LogP contribution in [0.15, 0.2) is 48.5 Å². The van der Waals surface area contributed by atoms with E-state index >= 15 is 0 Å². The Labute approximate surface area is 129 Å². The zero-order valence-corrected chi connectivity index (χ0v) is 11.5. The molecule has 8 heteroatoms. The van der Waals surface area contributed by atoms with E-state index in [9.17, 15) is 24.5 Å². The second kappa shape index (κ2) is 5.34. The van der Waals surface area contributed by atoms with Gasteiger partial charge in [0.1, 0.15) is 5.56 Å². The molecule has 0 unspecified atom stereocenters. The van der Waals surface area contributed by atoms with Crippen LogP contribution in [0.4, 0.5) is 5.69 Å². The third kappa shape index (κ3) is 2.31. The Kier molecular flexibility index (Phi) is 3.34. The predicted octanol–water partition coefficient (Wildman–Crippen LogP) is 1.96. The number of carbonyl (C=O) groups is 3. The summed E-state index contributed by atoms with van der Waals surface area (Å²) in [6, 6.07) is 11.4. The molecule has 3 rings (SSSR count). The van der Waals surface area contributed by atoms with Crippen molar-refractivity contribution in [2.24, 2.45) is 0 Å². The molecule has 2 aromatic carbocycles. The summed E-state index contributed by atoms with van der Waals surface area (Å²) in [6.07, 6.45) is 0. The summed E-state index contributed by atoms with van der Waals surface area (Å²) < 4.78 is 0. The highest BCUT2D eigenvalue weighted by molar-refractivity contribution is 6.22. The number of fused-ring (bicyclic) bond motifs is 1. The highest BCUT2D eigenvalue weighted by Gasteiger charge is 2.43. The zero-order chi connectivity index (χ0) is 16.6. The van der Waals surface area contributed by atoms with E-state index in [1.807, 2.05) is 0 Å². The number of nitrogens with zero attached hydrogens (tertiary/aromatic N) is 2. The standard InChI is InChI=1S/C15H8N2O6/c18-13-10-7-4-8-11(17(21)22)12(10)14(19)16(13)23-15(20)9-5-2-1-3-6-9/h1-8H. The molecule has 2 amide bonds. The summed E-state index contributed by atoms with van der Waals surface area (Å²) in [5, 5.41) is 11.2. The number of nitro groups is 1. The smallest absolute Gasteiger partial charge is 0.324 e. The first kappa shape index (κ1) is 14.4. The Hall–Kier alpha value is -3.55. The molecule has 0 atom stereocenters. The van der Waals surface area contributed by atoms with Crippen molar-refractivity contribution in [1.29, 1.82) is 0 Å². The third-order valence-corrected chi connectivity index (χ3v) is 3.24. The van der Waals surface area contributed by atoms with Crippen molar-refractivity contribution in [2.75, 3.05) is 0 Å². The summed E-state index contributed by atoms with van der Waals surface area (Å²) in [7, 11) is 0. The minimum absolute atomic E-state index is 0.138. The molecular weight excluding hydrogens is 304 g/mol. The maximum atomic E-state index is 12.2. The van der Waals surface area contributed by atoms with Gasteiger partial charge in [0.05, 0.1) is 16.1 Å². The topological polar surface area (TPSA) is 107 Å². The second-order valence-corrected chi connectivity index (χ2v) is 4.61. The molecule has 0 N–H and O–H groups in total. The van der Waals surface area contributed by atoms with Crippen LogP contribution in [-0.4, -0.2) is 27.8 Å². The molecule has 0 radical (unpaired) electrons. The highest BCUT2D eigenvalue weighted by atomic mass is 16.7. The van der Waals surface area contributed by atoms with Gasteiger partial charge in [-0.15, -0.1) is 0 Å². The number of imide groups is 1. The van der Waals surface area contributed by atoms with E-state index in [4.69, 9.17) is 4.84 Å². The van der Waals surface area contributed by atoms with Crippen molar-refractivity contribution in [1.82, 2.24) is 5.06 Å². The van der Waals surface area contributed by atoms with Gasteiger partial charge in [0.25, 0.3) is 11.6 Å². The van der Waals surface area contributed by atoms with Crippen LogP contribution in [0.2, 0.25) is 0 Å². The van der Waals surface area contributed by atoms with Crippen molar-refractivity contribution in [2.45, 2.75) is 0 Å². The van der Waals surface area contributed by atoms with Gasteiger partial charge in [-0.05, 0) is 18.2 Å². The Morgan fingerprint density at radius 3 is 2.35 bits per heavy atom. The number of amides is 2. The molecule has 0 bridgehead atoms. The number of hydrogen-bond acceptors (Lipinski definition) is 6. The predicted molar refractivity (Wildman–Crippen MR) is 75.5 cm³/mol. The SMILES string of the molecule is O=C(ON1C(=O)c2cccc([N+](=O)[O-])c2C1=O)c1ccccc1. The molecule has 2 aromatic rings. The minimum atomic E-state index is -1.04. The van der Waals surface area contributed by atoms with Crippen molar-refractivity contribution in [3.63, 3.8) is 0 Å². The highest BCUT2D eigenvalue weighted by Crippen LogP contribution is 2.31. The quantitative estimate of drug-likeness (QED) is 0.487. The lowest BCUT2D eigenvalue weighted by Crippen LogP contribution is -2.32. The van der Waals surface area contributed by atoms with Gasteiger partial charge in [0, 0.05) is 6.07 Å². The zero-order valence-electron chi connectivity index (χ0n) is 11.5. The first-order chi connectivity index (χ1) is 11.0. The lowest BCUT2D eigenvalue weighted by Gasteiger charge is -2.12. The Morgan fingerprint density at radius 1 is 1.00 bits per heavy atom. The number of nitro benzene ring substituents is 1. The van der Waals surface area contributed by atoms with E-state index < -0.39 is 28.4 Å². The fourth-order valence-electron chi connectivity index (χ4n) is 2.19. The Morgan fingerprint density at radius 2 is 1.70 bits per heavy atom. The maximum absolute atomic E-state index is 12.2. The van der Waals surface area contributed by atoms with Crippen LogP contribution >= 0.6 is 0 Å². The van der Waals surface area contributed by atoms with Crippen molar-refractivity contribution < 1.29 is 24.1 Å². The van der Waals surface area contributed by atoms with E-state index in [-0.39, 0.29) is 21.8 Å². The van der Waals surface area contributed by atoms with Crippen molar-refractivity contribution >= 4 is 23.5 Å². The number of benzene rings is 2. The van der Waals surface area contributed by atoms with E-state index in [2.05, 4.69) is 0 Å². The molecular formula is C15H8N2O6. The van der Waals surface area contributed by atoms with Crippen LogP contribution in [0.25, 0.3) is 0 Å². The monoisotopic (exact) mass is 312 g/mol. The molecule has 0 saturated carbocycles. The van der Waals surface area contributed by atoms with Crippen LogP contribution in [0.1, 0.15) is 31.1 Å². The summed E-state index contributed by atoms with van der Waals surface area (Å²) in [5.41, 5.74) is -0.939. The number of rotatable bonds is 3. The Balaban J connectivity index is 1.94. The fourth-order valence-corrected chi connectivity index (χ4v) is 2.19. The second-order valence-electron chi connectivity index (χ2n) is 4.61. The molecule has 114 valence electrons. The summed E-state index contributed by atoms with van der Waals surface area (Å²) in [4.78, 5) is 51.4. The maximum Gasteiger partial charge on any atom is 0.363 e. The average Bonchev–Trinajstić information content (AvgIpc) is 2.80. The molecule has 1 heterocycles. The van der Waals surface area contributed by atoms with Crippen molar-refractivity contribution in [3.8, 4) is 0 Å². The van der Waals surface area contributed by atoms with Gasteiger partial charge < -0.3 is 4.84 Å². The van der Waals surface area contributed by atoms with Crippen LogP contribution in [-0.2, 0) is 4.84 Å². The molecule has 0 spiro atoms. The van der Waals surface area contributed by atoms with E-state index in [0.717, 1.165) is 6.07 Å². The number of carbonyl (C=O) groups excluding carboxylic acids is 3. The first-order valence-corrected chi connectivity index (χ1v) is 6.44. The van der Waals surface area contributed by atoms with Crippen molar-refractivity contribution in [3.05, 3.63) is 75.3 Å². The lowest BCUT2D eigenvalue weighted by molar-refractivity contribution is -0.385. The molecule has 1 aliphatic rings. The van der Waals surface area contributed by atoms with E-state index in [0.29, 0.717) is 0 Å². The average molecular weight is 312 g/mol. The van der Waals surface area contributed by atoms with Gasteiger partial charge in [0.15, 0.2) is 0 Å².